The number of anilines is 1. The Kier molecular flexibility index (Phi) is 7.40. The number of aromatic amines is 1. The number of para-hydroxylation sites is 1. The summed E-state index contributed by atoms with van der Waals surface area (Å²) in [6.45, 7) is 4.49. The molecule has 9 heteroatoms. The first-order chi connectivity index (χ1) is 19.2. The van der Waals surface area contributed by atoms with Gasteiger partial charge in [0.15, 0.2) is 17.3 Å². The summed E-state index contributed by atoms with van der Waals surface area (Å²) in [5.74, 6) is 2.29. The number of nitrogens with one attached hydrogen (secondary N) is 1. The van der Waals surface area contributed by atoms with Gasteiger partial charge < -0.3 is 33.5 Å². The average molecular weight is 531 g/mol. The van der Waals surface area contributed by atoms with Crippen molar-refractivity contribution in [1.29, 1.82) is 0 Å². The molecule has 39 heavy (non-hydrogen) atoms. The number of ether oxygens (including phenoxy) is 3. The van der Waals surface area contributed by atoms with Crippen molar-refractivity contribution in [2.24, 2.45) is 0 Å². The number of hydrogen-bond donors (Lipinski definition) is 1. The van der Waals surface area contributed by atoms with Gasteiger partial charge in [0.2, 0.25) is 5.76 Å². The molecule has 0 spiro atoms. The molecular formula is C30H34N4O5. The zero-order valence-corrected chi connectivity index (χ0v) is 22.3. The highest BCUT2D eigenvalue weighted by molar-refractivity contribution is 5.92. The average Bonchev–Trinajstić information content (AvgIpc) is 3.60. The van der Waals surface area contributed by atoms with Crippen molar-refractivity contribution in [3.8, 4) is 11.5 Å². The first-order valence-corrected chi connectivity index (χ1v) is 13.7. The van der Waals surface area contributed by atoms with Gasteiger partial charge in [-0.1, -0.05) is 29.4 Å². The van der Waals surface area contributed by atoms with E-state index in [1.54, 1.807) is 13.2 Å². The van der Waals surface area contributed by atoms with Crippen molar-refractivity contribution in [2.75, 3.05) is 58.0 Å². The third-order valence-electron chi connectivity index (χ3n) is 7.55. The van der Waals surface area contributed by atoms with Crippen LogP contribution in [0.2, 0.25) is 0 Å². The number of carbonyl (C=O) groups excluding carboxylic acids is 1. The Morgan fingerprint density at radius 1 is 1.00 bits per heavy atom. The number of H-pyrrole nitrogens is 1. The van der Waals surface area contributed by atoms with Gasteiger partial charge in [0, 0.05) is 55.3 Å². The van der Waals surface area contributed by atoms with Crippen LogP contribution in [0.4, 0.5) is 5.82 Å². The molecule has 9 nitrogen and oxygen atoms in total. The number of amides is 1. The molecule has 4 aromatic rings. The number of aromatic nitrogens is 2. The molecular weight excluding hydrogens is 496 g/mol. The van der Waals surface area contributed by atoms with E-state index in [1.165, 1.54) is 10.9 Å². The van der Waals surface area contributed by atoms with Crippen molar-refractivity contribution in [3.63, 3.8) is 0 Å². The zero-order chi connectivity index (χ0) is 26.6. The van der Waals surface area contributed by atoms with E-state index in [1.807, 2.05) is 17.0 Å². The number of methoxy groups -OCH3 is 1. The normalized spacial score (nSPS) is 16.8. The molecule has 2 aliphatic rings. The van der Waals surface area contributed by atoms with Crippen molar-refractivity contribution in [1.82, 2.24) is 15.0 Å². The fourth-order valence-corrected chi connectivity index (χ4v) is 5.45. The monoisotopic (exact) mass is 530 g/mol. The van der Waals surface area contributed by atoms with Gasteiger partial charge in [0.25, 0.3) is 5.91 Å². The van der Waals surface area contributed by atoms with Crippen molar-refractivity contribution in [2.45, 2.75) is 25.7 Å². The third kappa shape index (κ3) is 5.45. The maximum absolute atomic E-state index is 13.7. The van der Waals surface area contributed by atoms with Crippen molar-refractivity contribution in [3.05, 3.63) is 71.1 Å². The van der Waals surface area contributed by atoms with Gasteiger partial charge >= 0.3 is 0 Å². The maximum atomic E-state index is 13.7. The molecule has 6 rings (SSSR count). The minimum atomic E-state index is -0.136. The molecule has 2 bridgehead atoms. The molecule has 2 aliphatic heterocycles. The number of nitrogens with zero attached hydrogens (tertiary/aromatic N) is 3. The van der Waals surface area contributed by atoms with Gasteiger partial charge in [-0.05, 0) is 48.6 Å². The first-order valence-electron chi connectivity index (χ1n) is 13.7. The maximum Gasteiger partial charge on any atom is 0.292 e. The Labute approximate surface area is 227 Å². The topological polar surface area (TPSA) is 93.1 Å². The second kappa shape index (κ2) is 11.4. The minimum absolute atomic E-state index is 0.136. The van der Waals surface area contributed by atoms with Crippen LogP contribution in [0.15, 0.2) is 53.1 Å². The summed E-state index contributed by atoms with van der Waals surface area (Å²) in [6.07, 6.45) is 3.07. The van der Waals surface area contributed by atoms with Crippen molar-refractivity contribution < 1.29 is 23.5 Å². The summed E-state index contributed by atoms with van der Waals surface area (Å²) < 4.78 is 22.7. The standard InChI is InChI=1S/C30H34N4O5/c1-36-26-9-8-21-18-25-23(22-6-2-3-7-24(22)31-25)10-12-34(11-4-5-15-38-27(26)19-21)30(35)28-20-29(32-39-28)33-13-16-37-17-14-33/h2-3,6-9,19-20,31H,4-5,10-18H2,1H3. The molecule has 1 N–H and O–H groups in total. The van der Waals surface area contributed by atoms with E-state index < -0.39 is 0 Å². The number of benzene rings is 2. The van der Waals surface area contributed by atoms with Gasteiger partial charge in [-0.2, -0.15) is 0 Å². The lowest BCUT2D eigenvalue weighted by Gasteiger charge is -2.25. The highest BCUT2D eigenvalue weighted by atomic mass is 16.5. The fraction of sp³-hybridized carbons (Fsp3) is 0.400. The Hall–Kier alpha value is -3.98. The highest BCUT2D eigenvalue weighted by Gasteiger charge is 2.24. The van der Waals surface area contributed by atoms with Gasteiger partial charge in [-0.25, -0.2) is 0 Å². The van der Waals surface area contributed by atoms with Gasteiger partial charge in [-0.3, -0.25) is 4.79 Å². The molecule has 1 saturated heterocycles. The van der Waals surface area contributed by atoms with Crippen LogP contribution in [0.25, 0.3) is 10.9 Å². The van der Waals surface area contributed by atoms with Crippen LogP contribution >= 0.6 is 0 Å². The molecule has 0 saturated carbocycles. The second-order valence-corrected chi connectivity index (χ2v) is 10.0. The second-order valence-electron chi connectivity index (χ2n) is 10.0. The van der Waals surface area contributed by atoms with E-state index in [9.17, 15) is 4.79 Å². The molecule has 1 amide bonds. The molecule has 1 fully saturated rings. The molecule has 0 unspecified atom stereocenters. The summed E-state index contributed by atoms with van der Waals surface area (Å²) in [7, 11) is 1.66. The molecule has 2 aromatic carbocycles. The molecule has 0 atom stereocenters. The number of fused-ring (bicyclic) bond motifs is 5. The lowest BCUT2D eigenvalue weighted by Crippen LogP contribution is -2.36. The van der Waals surface area contributed by atoms with E-state index in [4.69, 9.17) is 18.7 Å². The molecule has 204 valence electrons. The molecule has 0 radical (unpaired) electrons. The van der Waals surface area contributed by atoms with E-state index >= 15 is 0 Å². The predicted molar refractivity (Wildman–Crippen MR) is 148 cm³/mol. The Morgan fingerprint density at radius 3 is 2.74 bits per heavy atom. The van der Waals surface area contributed by atoms with Gasteiger partial charge in [-0.15, -0.1) is 0 Å². The van der Waals surface area contributed by atoms with Crippen LogP contribution < -0.4 is 14.4 Å². The van der Waals surface area contributed by atoms with Crippen LogP contribution in [0.5, 0.6) is 11.5 Å². The number of hydrogen-bond acceptors (Lipinski definition) is 7. The van der Waals surface area contributed by atoms with Crippen molar-refractivity contribution >= 4 is 22.6 Å². The molecule has 0 aliphatic carbocycles. The minimum Gasteiger partial charge on any atom is -0.493 e. The number of carbonyl (C=O) groups is 1. The summed E-state index contributed by atoms with van der Waals surface area (Å²) >= 11 is 0. The fourth-order valence-electron chi connectivity index (χ4n) is 5.45. The van der Waals surface area contributed by atoms with E-state index in [2.05, 4.69) is 45.4 Å². The lowest BCUT2D eigenvalue weighted by molar-refractivity contribution is 0.0710. The molecule has 2 aromatic heterocycles. The summed E-state index contributed by atoms with van der Waals surface area (Å²) in [5.41, 5.74) is 4.61. The lowest BCUT2D eigenvalue weighted by atomic mass is 10.0. The van der Waals surface area contributed by atoms with E-state index in [0.717, 1.165) is 67.0 Å². The van der Waals surface area contributed by atoms with Crippen LogP contribution in [0.1, 0.15) is 40.2 Å². The summed E-state index contributed by atoms with van der Waals surface area (Å²) in [6, 6.07) is 16.2. The van der Waals surface area contributed by atoms with Crippen LogP contribution in [0, 0.1) is 0 Å². The van der Waals surface area contributed by atoms with Crippen LogP contribution in [0.3, 0.4) is 0 Å². The Morgan fingerprint density at radius 2 is 1.87 bits per heavy atom. The van der Waals surface area contributed by atoms with Crippen LogP contribution in [-0.2, 0) is 17.6 Å². The first kappa shape index (κ1) is 25.3. The third-order valence-corrected chi connectivity index (χ3v) is 7.55. The molecule has 4 heterocycles. The zero-order valence-electron chi connectivity index (χ0n) is 22.3. The van der Waals surface area contributed by atoms with E-state index in [-0.39, 0.29) is 11.7 Å². The quantitative estimate of drug-likeness (QED) is 0.418. The van der Waals surface area contributed by atoms with Gasteiger partial charge in [0.1, 0.15) is 0 Å². The summed E-state index contributed by atoms with van der Waals surface area (Å²) in [4.78, 5) is 21.3. The predicted octanol–water partition coefficient (Wildman–Crippen LogP) is 4.45. The Balaban J connectivity index is 1.29. The number of rotatable bonds is 3. The largest absolute Gasteiger partial charge is 0.493 e. The SMILES string of the molecule is COc1ccc2cc1OCCCCN(C(=O)c1cc(N3CCOCC3)no1)CCc1c([nH]c3ccccc13)C2. The number of morpholine rings is 1. The Bertz CT molecular complexity index is 1440. The van der Waals surface area contributed by atoms with E-state index in [0.29, 0.717) is 38.7 Å². The highest BCUT2D eigenvalue weighted by Crippen LogP contribution is 2.31. The van der Waals surface area contributed by atoms with Gasteiger partial charge in [0.05, 0.1) is 26.9 Å². The smallest absolute Gasteiger partial charge is 0.292 e. The summed E-state index contributed by atoms with van der Waals surface area (Å²) in [5, 5.41) is 5.38. The van der Waals surface area contributed by atoms with Crippen LogP contribution in [-0.4, -0.2) is 74.1 Å².